The second-order valence-electron chi connectivity index (χ2n) is 7.96. The van der Waals surface area contributed by atoms with Crippen molar-refractivity contribution >= 4 is 35.6 Å². The maximum absolute atomic E-state index is 12.5. The summed E-state index contributed by atoms with van der Waals surface area (Å²) in [6.45, 7) is -0.0931. The molecule has 6 nitrogen and oxygen atoms in total. The molecule has 2 aromatic carbocycles. The van der Waals surface area contributed by atoms with Crippen molar-refractivity contribution < 1.29 is 14.3 Å². The zero-order chi connectivity index (χ0) is 20.1. The fourth-order valence-electron chi connectivity index (χ4n) is 4.35. The first-order valence-corrected chi connectivity index (χ1v) is 10.3. The van der Waals surface area contributed by atoms with Crippen LogP contribution in [-0.4, -0.2) is 30.5 Å². The molecule has 2 heterocycles. The van der Waals surface area contributed by atoms with E-state index in [1.54, 1.807) is 12.1 Å². The Bertz CT molecular complexity index is 850. The molecular weight excluding hydrogens is 402 g/mol. The van der Waals surface area contributed by atoms with Gasteiger partial charge < -0.3 is 20.7 Å². The Kier molecular flexibility index (Phi) is 7.71. The number of carbonyl (C=O) groups is 2. The van der Waals surface area contributed by atoms with Crippen molar-refractivity contribution in [3.05, 3.63) is 54.6 Å². The number of piperidine rings is 1. The highest BCUT2D eigenvalue weighted by atomic mass is 35.5. The van der Waals surface area contributed by atoms with Gasteiger partial charge in [0.25, 0.3) is 5.91 Å². The Balaban J connectivity index is 0.00000256. The second-order valence-corrected chi connectivity index (χ2v) is 7.96. The highest BCUT2D eigenvalue weighted by Crippen LogP contribution is 2.32. The van der Waals surface area contributed by atoms with Crippen molar-refractivity contribution in [2.75, 3.05) is 17.2 Å². The summed E-state index contributed by atoms with van der Waals surface area (Å²) >= 11 is 0. The number of hydrogen-bond donors (Lipinski definition) is 3. The molecule has 0 saturated carbocycles. The van der Waals surface area contributed by atoms with Gasteiger partial charge in [-0.2, -0.15) is 0 Å². The topological polar surface area (TPSA) is 79.5 Å². The third-order valence-electron chi connectivity index (χ3n) is 5.59. The van der Waals surface area contributed by atoms with Crippen molar-refractivity contribution in [2.45, 2.75) is 44.2 Å². The second kappa shape index (κ2) is 10.5. The molecule has 2 fully saturated rings. The average molecular weight is 430 g/mol. The van der Waals surface area contributed by atoms with Crippen LogP contribution in [0.1, 0.15) is 32.1 Å². The number of hydrogen-bond acceptors (Lipinski definition) is 4. The third-order valence-corrected chi connectivity index (χ3v) is 5.59. The number of anilines is 2. The number of carbonyl (C=O) groups excluding carboxylic acids is 2. The van der Waals surface area contributed by atoms with E-state index in [0.717, 1.165) is 18.5 Å². The van der Waals surface area contributed by atoms with Crippen LogP contribution in [0.5, 0.6) is 5.75 Å². The SMILES string of the molecule is Cl.O=C(COc1cccc(NC(=O)CC2CC3CCC(C2)N3)c1)Nc1ccccc1. The summed E-state index contributed by atoms with van der Waals surface area (Å²) in [7, 11) is 0. The molecule has 2 bridgehead atoms. The van der Waals surface area contributed by atoms with Gasteiger partial charge in [0.1, 0.15) is 5.75 Å². The highest BCUT2D eigenvalue weighted by molar-refractivity contribution is 5.92. The Hall–Kier alpha value is -2.57. The first-order valence-electron chi connectivity index (χ1n) is 10.3. The molecule has 30 heavy (non-hydrogen) atoms. The molecular formula is C23H28ClN3O3. The summed E-state index contributed by atoms with van der Waals surface area (Å²) in [5.74, 6) is 0.808. The first-order chi connectivity index (χ1) is 14.1. The summed E-state index contributed by atoms with van der Waals surface area (Å²) in [5, 5.41) is 9.35. The maximum atomic E-state index is 12.5. The van der Waals surface area contributed by atoms with Crippen LogP contribution < -0.4 is 20.7 Å². The number of para-hydroxylation sites is 1. The molecule has 0 aromatic heterocycles. The predicted molar refractivity (Wildman–Crippen MR) is 120 cm³/mol. The van der Waals surface area contributed by atoms with E-state index in [9.17, 15) is 9.59 Å². The largest absolute Gasteiger partial charge is 0.484 e. The van der Waals surface area contributed by atoms with Gasteiger partial charge in [0.15, 0.2) is 6.61 Å². The molecule has 3 N–H and O–H groups in total. The normalized spacial score (nSPS) is 21.9. The van der Waals surface area contributed by atoms with Gasteiger partial charge in [-0.15, -0.1) is 12.4 Å². The third kappa shape index (κ3) is 6.21. The summed E-state index contributed by atoms with van der Waals surface area (Å²) in [5.41, 5.74) is 1.42. The van der Waals surface area contributed by atoms with Gasteiger partial charge in [0, 0.05) is 35.9 Å². The number of halogens is 1. The van der Waals surface area contributed by atoms with E-state index >= 15 is 0 Å². The predicted octanol–water partition coefficient (Wildman–Crippen LogP) is 3.99. The van der Waals surface area contributed by atoms with Crippen molar-refractivity contribution in [2.24, 2.45) is 5.92 Å². The van der Waals surface area contributed by atoms with Crippen LogP contribution in [0.3, 0.4) is 0 Å². The van der Waals surface area contributed by atoms with E-state index < -0.39 is 0 Å². The monoisotopic (exact) mass is 429 g/mol. The maximum Gasteiger partial charge on any atom is 0.262 e. The van der Waals surface area contributed by atoms with E-state index in [4.69, 9.17) is 4.74 Å². The van der Waals surface area contributed by atoms with Crippen LogP contribution in [0.25, 0.3) is 0 Å². The number of fused-ring (bicyclic) bond motifs is 2. The number of nitrogens with one attached hydrogen (secondary N) is 3. The molecule has 2 unspecified atom stereocenters. The van der Waals surface area contributed by atoms with Gasteiger partial charge in [-0.25, -0.2) is 0 Å². The zero-order valence-electron chi connectivity index (χ0n) is 16.8. The minimum atomic E-state index is -0.230. The highest BCUT2D eigenvalue weighted by Gasteiger charge is 2.34. The van der Waals surface area contributed by atoms with Gasteiger partial charge in [0.05, 0.1) is 0 Å². The molecule has 0 aliphatic carbocycles. The number of amides is 2. The molecule has 160 valence electrons. The van der Waals surface area contributed by atoms with E-state index in [-0.39, 0.29) is 30.8 Å². The Labute approximate surface area is 183 Å². The van der Waals surface area contributed by atoms with Crippen molar-refractivity contribution in [3.63, 3.8) is 0 Å². The van der Waals surface area contributed by atoms with Crippen LogP contribution in [-0.2, 0) is 9.59 Å². The molecule has 4 rings (SSSR count). The van der Waals surface area contributed by atoms with E-state index in [1.807, 2.05) is 42.5 Å². The molecule has 0 spiro atoms. The van der Waals surface area contributed by atoms with E-state index in [0.29, 0.717) is 35.9 Å². The fourth-order valence-corrected chi connectivity index (χ4v) is 4.35. The minimum absolute atomic E-state index is 0. The average Bonchev–Trinajstić information content (AvgIpc) is 3.05. The molecule has 2 amide bonds. The van der Waals surface area contributed by atoms with Gasteiger partial charge >= 0.3 is 0 Å². The van der Waals surface area contributed by atoms with Crippen LogP contribution in [0.4, 0.5) is 11.4 Å². The lowest BCUT2D eigenvalue weighted by Crippen LogP contribution is -2.39. The quantitative estimate of drug-likeness (QED) is 0.621. The van der Waals surface area contributed by atoms with Crippen LogP contribution in [0.2, 0.25) is 0 Å². The lowest BCUT2D eigenvalue weighted by molar-refractivity contribution is -0.118. The van der Waals surface area contributed by atoms with Crippen LogP contribution in [0, 0.1) is 5.92 Å². The van der Waals surface area contributed by atoms with Crippen molar-refractivity contribution in [1.82, 2.24) is 5.32 Å². The molecule has 7 heteroatoms. The van der Waals surface area contributed by atoms with Gasteiger partial charge in [-0.1, -0.05) is 24.3 Å². The smallest absolute Gasteiger partial charge is 0.262 e. The standard InChI is InChI=1S/C23H27N3O3.ClH/c27-22(13-16-11-19-9-10-20(12-16)24-19)26-18-7-4-8-21(14-18)29-15-23(28)25-17-5-2-1-3-6-17;/h1-8,14,16,19-20,24H,9-13,15H2,(H,25,28)(H,26,27);1H. The molecule has 2 saturated heterocycles. The van der Waals surface area contributed by atoms with Gasteiger partial charge in [-0.3, -0.25) is 9.59 Å². The summed E-state index contributed by atoms with van der Waals surface area (Å²) in [4.78, 5) is 24.5. The Morgan fingerprint density at radius 2 is 1.57 bits per heavy atom. The number of ether oxygens (including phenoxy) is 1. The van der Waals surface area contributed by atoms with Gasteiger partial charge in [0.2, 0.25) is 5.91 Å². The fraction of sp³-hybridized carbons (Fsp3) is 0.391. The van der Waals surface area contributed by atoms with E-state index in [1.165, 1.54) is 12.8 Å². The summed E-state index contributed by atoms with van der Waals surface area (Å²) in [6.07, 6.45) is 5.20. The number of rotatable bonds is 7. The Morgan fingerprint density at radius 1 is 0.900 bits per heavy atom. The van der Waals surface area contributed by atoms with Crippen molar-refractivity contribution in [1.29, 1.82) is 0 Å². The van der Waals surface area contributed by atoms with Crippen LogP contribution >= 0.6 is 12.4 Å². The lowest BCUT2D eigenvalue weighted by atomic mass is 9.89. The first kappa shape index (κ1) is 22.1. The molecule has 2 aliphatic rings. The van der Waals surface area contributed by atoms with Crippen LogP contribution in [0.15, 0.2) is 54.6 Å². The lowest BCUT2D eigenvalue weighted by Gasteiger charge is -2.28. The number of benzene rings is 2. The molecule has 2 atom stereocenters. The van der Waals surface area contributed by atoms with Crippen molar-refractivity contribution in [3.8, 4) is 5.75 Å². The molecule has 2 aromatic rings. The van der Waals surface area contributed by atoms with E-state index in [2.05, 4.69) is 16.0 Å². The molecule has 2 aliphatic heterocycles. The Morgan fingerprint density at radius 3 is 2.30 bits per heavy atom. The molecule has 0 radical (unpaired) electrons. The summed E-state index contributed by atoms with van der Waals surface area (Å²) in [6, 6.07) is 17.6. The zero-order valence-corrected chi connectivity index (χ0v) is 17.6. The minimum Gasteiger partial charge on any atom is -0.484 e. The summed E-state index contributed by atoms with van der Waals surface area (Å²) < 4.78 is 5.58. The van der Waals surface area contributed by atoms with Gasteiger partial charge in [-0.05, 0) is 55.9 Å².